The van der Waals surface area contributed by atoms with Crippen LogP contribution in [0.2, 0.25) is 0 Å². The van der Waals surface area contributed by atoms with E-state index < -0.39 is 0 Å². The van der Waals surface area contributed by atoms with E-state index in [4.69, 9.17) is 5.73 Å². The Morgan fingerprint density at radius 2 is 2.08 bits per heavy atom. The smallest absolute Gasteiger partial charge is 0.248 e. The molecule has 1 saturated carbocycles. The van der Waals surface area contributed by atoms with Gasteiger partial charge in [0.25, 0.3) is 0 Å². The molecule has 2 nitrogen and oxygen atoms in total. The van der Waals surface area contributed by atoms with Crippen LogP contribution in [0.4, 0.5) is 0 Å². The molecular formula is C11H13NO. The monoisotopic (exact) mass is 175 g/mol. The third-order valence-corrected chi connectivity index (χ3v) is 2.74. The maximum Gasteiger partial charge on any atom is 0.248 e. The molecule has 2 heteroatoms. The van der Waals surface area contributed by atoms with Gasteiger partial charge in [-0.25, -0.2) is 0 Å². The summed E-state index contributed by atoms with van der Waals surface area (Å²) in [5, 5.41) is 0. The fourth-order valence-electron chi connectivity index (χ4n) is 1.80. The summed E-state index contributed by atoms with van der Waals surface area (Å²) in [6.07, 6.45) is 1.18. The Hall–Kier alpha value is -1.31. The van der Waals surface area contributed by atoms with Gasteiger partial charge in [-0.15, -0.1) is 0 Å². The zero-order valence-corrected chi connectivity index (χ0v) is 7.66. The van der Waals surface area contributed by atoms with Crippen LogP contribution in [0.3, 0.4) is 0 Å². The van der Waals surface area contributed by atoms with E-state index in [0.29, 0.717) is 17.4 Å². The largest absolute Gasteiger partial charge is 0.366 e. The number of amides is 1. The Labute approximate surface area is 77.8 Å². The van der Waals surface area contributed by atoms with Gasteiger partial charge in [0.2, 0.25) is 5.91 Å². The molecule has 0 spiro atoms. The molecule has 1 fully saturated rings. The lowest BCUT2D eigenvalue weighted by atomic mass is 10.0. The van der Waals surface area contributed by atoms with E-state index in [1.807, 2.05) is 24.3 Å². The zero-order chi connectivity index (χ0) is 9.42. The second-order valence-electron chi connectivity index (χ2n) is 3.77. The van der Waals surface area contributed by atoms with Crippen molar-refractivity contribution in [1.29, 1.82) is 0 Å². The van der Waals surface area contributed by atoms with Gasteiger partial charge in [-0.05, 0) is 29.9 Å². The van der Waals surface area contributed by atoms with E-state index in [1.54, 1.807) is 0 Å². The first-order valence-corrected chi connectivity index (χ1v) is 4.59. The van der Waals surface area contributed by atoms with Crippen LogP contribution in [0.1, 0.15) is 35.2 Å². The van der Waals surface area contributed by atoms with Crippen LogP contribution in [0.15, 0.2) is 24.3 Å². The predicted octanol–water partition coefficient (Wildman–Crippen LogP) is 1.91. The molecule has 0 bridgehead atoms. The molecule has 0 saturated heterocycles. The molecule has 2 atom stereocenters. The Balaban J connectivity index is 2.38. The van der Waals surface area contributed by atoms with Gasteiger partial charge in [-0.2, -0.15) is 0 Å². The molecule has 1 amide bonds. The Morgan fingerprint density at radius 3 is 2.62 bits per heavy atom. The van der Waals surface area contributed by atoms with Crippen LogP contribution >= 0.6 is 0 Å². The van der Waals surface area contributed by atoms with Crippen LogP contribution in [-0.4, -0.2) is 5.91 Å². The highest BCUT2D eigenvalue weighted by molar-refractivity contribution is 5.94. The van der Waals surface area contributed by atoms with Crippen molar-refractivity contribution in [2.75, 3.05) is 0 Å². The van der Waals surface area contributed by atoms with E-state index in [-0.39, 0.29) is 5.91 Å². The van der Waals surface area contributed by atoms with Crippen molar-refractivity contribution in [3.8, 4) is 0 Å². The first kappa shape index (κ1) is 8.30. The van der Waals surface area contributed by atoms with Crippen LogP contribution in [0.5, 0.6) is 0 Å². The van der Waals surface area contributed by atoms with E-state index in [0.717, 1.165) is 5.56 Å². The highest BCUT2D eigenvalue weighted by Crippen LogP contribution is 2.47. The van der Waals surface area contributed by atoms with Crippen molar-refractivity contribution >= 4 is 5.91 Å². The lowest BCUT2D eigenvalue weighted by Gasteiger charge is -2.04. The van der Waals surface area contributed by atoms with Crippen molar-refractivity contribution in [1.82, 2.24) is 0 Å². The lowest BCUT2D eigenvalue weighted by molar-refractivity contribution is 0.0999. The van der Waals surface area contributed by atoms with E-state index in [1.165, 1.54) is 6.42 Å². The molecule has 2 rings (SSSR count). The maximum absolute atomic E-state index is 11.1. The summed E-state index contributed by atoms with van der Waals surface area (Å²) < 4.78 is 0. The van der Waals surface area contributed by atoms with Crippen molar-refractivity contribution in [3.63, 3.8) is 0 Å². The molecule has 1 aliphatic carbocycles. The molecule has 1 aromatic rings. The summed E-state index contributed by atoms with van der Waals surface area (Å²) in [4.78, 5) is 11.1. The zero-order valence-electron chi connectivity index (χ0n) is 7.66. The minimum absolute atomic E-state index is 0.310. The number of hydrogen-bond donors (Lipinski definition) is 1. The molecule has 1 aromatic carbocycles. The number of hydrogen-bond acceptors (Lipinski definition) is 1. The van der Waals surface area contributed by atoms with Crippen LogP contribution in [0, 0.1) is 5.92 Å². The van der Waals surface area contributed by atoms with E-state index in [2.05, 4.69) is 6.92 Å². The minimum Gasteiger partial charge on any atom is -0.366 e. The van der Waals surface area contributed by atoms with Gasteiger partial charge in [0.1, 0.15) is 0 Å². The van der Waals surface area contributed by atoms with Gasteiger partial charge >= 0.3 is 0 Å². The third kappa shape index (κ3) is 1.44. The molecule has 13 heavy (non-hydrogen) atoms. The molecular weight excluding hydrogens is 162 g/mol. The number of carbonyl (C=O) groups excluding carboxylic acids is 1. The highest BCUT2D eigenvalue weighted by Gasteiger charge is 2.35. The maximum atomic E-state index is 11.1. The Bertz CT molecular complexity index is 346. The molecule has 0 radical (unpaired) electrons. The van der Waals surface area contributed by atoms with Gasteiger partial charge in [0.05, 0.1) is 0 Å². The molecule has 0 aromatic heterocycles. The first-order valence-electron chi connectivity index (χ1n) is 4.59. The number of benzene rings is 1. The van der Waals surface area contributed by atoms with Crippen molar-refractivity contribution in [3.05, 3.63) is 35.4 Å². The molecule has 2 unspecified atom stereocenters. The average molecular weight is 175 g/mol. The van der Waals surface area contributed by atoms with Crippen molar-refractivity contribution in [2.45, 2.75) is 19.3 Å². The quantitative estimate of drug-likeness (QED) is 0.733. The number of carbonyl (C=O) groups is 1. The molecule has 1 aliphatic rings. The SMILES string of the molecule is CC1CC1c1ccccc1C(N)=O. The van der Waals surface area contributed by atoms with Gasteiger partial charge in [0.15, 0.2) is 0 Å². The highest BCUT2D eigenvalue weighted by atomic mass is 16.1. The summed E-state index contributed by atoms with van der Waals surface area (Å²) in [7, 11) is 0. The van der Waals surface area contributed by atoms with Gasteiger partial charge in [0, 0.05) is 5.56 Å². The normalized spacial score (nSPS) is 25.6. The minimum atomic E-state index is -0.310. The Kier molecular flexibility index (Phi) is 1.83. The molecule has 68 valence electrons. The summed E-state index contributed by atoms with van der Waals surface area (Å²) in [6.45, 7) is 2.20. The third-order valence-electron chi connectivity index (χ3n) is 2.74. The fourth-order valence-corrected chi connectivity index (χ4v) is 1.80. The number of rotatable bonds is 2. The van der Waals surface area contributed by atoms with Crippen LogP contribution in [-0.2, 0) is 0 Å². The van der Waals surface area contributed by atoms with Crippen LogP contribution in [0.25, 0.3) is 0 Å². The van der Waals surface area contributed by atoms with E-state index >= 15 is 0 Å². The van der Waals surface area contributed by atoms with Crippen molar-refractivity contribution < 1.29 is 4.79 Å². The van der Waals surface area contributed by atoms with Gasteiger partial charge in [-0.1, -0.05) is 25.1 Å². The topological polar surface area (TPSA) is 43.1 Å². The lowest BCUT2D eigenvalue weighted by Crippen LogP contribution is -2.13. The predicted molar refractivity (Wildman–Crippen MR) is 51.5 cm³/mol. The molecule has 2 N–H and O–H groups in total. The second kappa shape index (κ2) is 2.87. The molecule has 0 heterocycles. The summed E-state index contributed by atoms with van der Waals surface area (Å²) in [5.74, 6) is 0.957. The number of primary amides is 1. The van der Waals surface area contributed by atoms with Crippen LogP contribution < -0.4 is 5.73 Å². The summed E-state index contributed by atoms with van der Waals surface area (Å²) in [6, 6.07) is 7.64. The standard InChI is InChI=1S/C11H13NO/c1-7-6-10(7)8-4-2-3-5-9(8)11(12)13/h2-5,7,10H,6H2,1H3,(H2,12,13). The fraction of sp³-hybridized carbons (Fsp3) is 0.364. The van der Waals surface area contributed by atoms with E-state index in [9.17, 15) is 4.79 Å². The first-order chi connectivity index (χ1) is 6.20. The molecule has 0 aliphatic heterocycles. The summed E-state index contributed by atoms with van der Waals surface area (Å²) in [5.41, 5.74) is 7.11. The average Bonchev–Trinajstić information content (AvgIpc) is 2.82. The summed E-state index contributed by atoms with van der Waals surface area (Å²) >= 11 is 0. The van der Waals surface area contributed by atoms with Gasteiger partial charge < -0.3 is 5.73 Å². The van der Waals surface area contributed by atoms with Gasteiger partial charge in [-0.3, -0.25) is 4.79 Å². The number of nitrogens with two attached hydrogens (primary N) is 1. The Morgan fingerprint density at radius 1 is 1.46 bits per heavy atom. The second-order valence-corrected chi connectivity index (χ2v) is 3.77. The van der Waals surface area contributed by atoms with Crippen molar-refractivity contribution in [2.24, 2.45) is 11.7 Å².